The number of fused-ring (bicyclic) bond motifs is 1. The number of aromatic nitrogens is 1. The molecule has 0 spiro atoms. The molecule has 1 saturated heterocycles. The molecule has 2 aliphatic rings. The van der Waals surface area contributed by atoms with Crippen LogP contribution in [0.25, 0.3) is 0 Å². The van der Waals surface area contributed by atoms with Crippen molar-refractivity contribution in [3.63, 3.8) is 0 Å². The second-order valence-electron chi connectivity index (χ2n) is 17.9. The minimum absolute atomic E-state index is 0.124. The summed E-state index contributed by atoms with van der Waals surface area (Å²) in [6, 6.07) is 18.5. The summed E-state index contributed by atoms with van der Waals surface area (Å²) in [5.74, 6) is -2.47. The third kappa shape index (κ3) is 12.9. The van der Waals surface area contributed by atoms with Gasteiger partial charge in [0.1, 0.15) is 30.3 Å². The zero-order chi connectivity index (χ0) is 42.9. The second kappa shape index (κ2) is 20.5. The first kappa shape index (κ1) is 45.4. The van der Waals surface area contributed by atoms with Crippen LogP contribution in [0.3, 0.4) is 0 Å². The summed E-state index contributed by atoms with van der Waals surface area (Å²) in [6.07, 6.45) is 3.04. The average molecular weight is 812 g/mol. The van der Waals surface area contributed by atoms with Crippen molar-refractivity contribution < 1.29 is 28.7 Å². The summed E-state index contributed by atoms with van der Waals surface area (Å²) >= 11 is 0. The number of esters is 2. The third-order valence-electron chi connectivity index (χ3n) is 11.2. The van der Waals surface area contributed by atoms with E-state index >= 15 is 0 Å². The molecular weight excluding hydrogens is 747 g/mol. The summed E-state index contributed by atoms with van der Waals surface area (Å²) < 4.78 is 12.3. The molecule has 59 heavy (non-hydrogen) atoms. The number of nitrogens with two attached hydrogens (primary N) is 2. The van der Waals surface area contributed by atoms with Gasteiger partial charge in [-0.05, 0) is 73.8 Å². The zero-order valence-electron chi connectivity index (χ0n) is 35.8. The molecule has 13 nitrogen and oxygen atoms in total. The first-order valence-corrected chi connectivity index (χ1v) is 21.0. The number of ether oxygens (including phenoxy) is 2. The van der Waals surface area contributed by atoms with Gasteiger partial charge in [0.25, 0.3) is 0 Å². The van der Waals surface area contributed by atoms with Gasteiger partial charge >= 0.3 is 11.9 Å². The van der Waals surface area contributed by atoms with E-state index in [0.717, 1.165) is 22.3 Å². The Morgan fingerprint density at radius 3 is 2.19 bits per heavy atom. The van der Waals surface area contributed by atoms with Crippen molar-refractivity contribution >= 4 is 23.8 Å². The van der Waals surface area contributed by atoms with Gasteiger partial charge in [0.15, 0.2) is 0 Å². The van der Waals surface area contributed by atoms with Gasteiger partial charge in [-0.3, -0.25) is 34.0 Å². The largest absolute Gasteiger partial charge is 0.460 e. The van der Waals surface area contributed by atoms with Gasteiger partial charge in [-0.2, -0.15) is 0 Å². The molecule has 1 aliphatic carbocycles. The normalized spacial score (nSPS) is 20.6. The first-order valence-electron chi connectivity index (χ1n) is 21.0. The van der Waals surface area contributed by atoms with E-state index in [0.29, 0.717) is 39.0 Å². The van der Waals surface area contributed by atoms with Crippen molar-refractivity contribution in [3.05, 3.63) is 101 Å². The Balaban J connectivity index is 1.45. The molecule has 2 heterocycles. The topological polar surface area (TPSA) is 182 Å². The molecule has 2 amide bonds. The van der Waals surface area contributed by atoms with Crippen LogP contribution in [-0.2, 0) is 48.0 Å². The molecule has 0 radical (unpaired) electrons. The van der Waals surface area contributed by atoms with Crippen molar-refractivity contribution in [2.24, 2.45) is 29.2 Å². The van der Waals surface area contributed by atoms with Crippen molar-refractivity contribution in [3.8, 4) is 0 Å². The molecule has 320 valence electrons. The lowest BCUT2D eigenvalue weighted by molar-refractivity contribution is -0.155. The molecule has 1 aliphatic heterocycles. The molecule has 0 bridgehead atoms. The van der Waals surface area contributed by atoms with Crippen LogP contribution in [0, 0.1) is 17.8 Å². The highest BCUT2D eigenvalue weighted by molar-refractivity contribution is 5.83. The van der Waals surface area contributed by atoms with Crippen LogP contribution in [0.4, 0.5) is 0 Å². The van der Waals surface area contributed by atoms with Crippen molar-refractivity contribution in [2.45, 2.75) is 116 Å². The van der Waals surface area contributed by atoms with E-state index in [1.807, 2.05) is 121 Å². The number of pyridine rings is 1. The van der Waals surface area contributed by atoms with Crippen LogP contribution in [0.1, 0.15) is 83.2 Å². The molecule has 7 atom stereocenters. The second-order valence-corrected chi connectivity index (χ2v) is 17.9. The number of nitrogens with one attached hydrogen (secondary N) is 2. The summed E-state index contributed by atoms with van der Waals surface area (Å²) in [7, 11) is 0. The number of hydrogen-bond acceptors (Lipinski definition) is 11. The lowest BCUT2D eigenvalue weighted by atomic mass is 9.91. The highest BCUT2D eigenvalue weighted by Gasteiger charge is 2.41. The van der Waals surface area contributed by atoms with E-state index in [1.165, 1.54) is 0 Å². The molecule has 2 unspecified atom stereocenters. The van der Waals surface area contributed by atoms with Crippen LogP contribution in [-0.4, -0.2) is 101 Å². The lowest BCUT2D eigenvalue weighted by Gasteiger charge is -2.43. The first-order chi connectivity index (χ1) is 28.0. The molecule has 13 heteroatoms. The predicted octanol–water partition coefficient (Wildman–Crippen LogP) is 3.94. The Labute approximate surface area is 350 Å². The minimum atomic E-state index is -0.877. The molecule has 6 N–H and O–H groups in total. The summed E-state index contributed by atoms with van der Waals surface area (Å²) in [5, 5.41) is 6.42. The predicted molar refractivity (Wildman–Crippen MR) is 227 cm³/mol. The summed E-state index contributed by atoms with van der Waals surface area (Å²) in [4.78, 5) is 64.2. The molecule has 1 fully saturated rings. The van der Waals surface area contributed by atoms with E-state index in [-0.39, 0.29) is 36.6 Å². The molecule has 0 saturated carbocycles. The van der Waals surface area contributed by atoms with Gasteiger partial charge in [0.05, 0.1) is 6.04 Å². The van der Waals surface area contributed by atoms with Crippen molar-refractivity contribution in [1.29, 1.82) is 0 Å². The fraction of sp³-hybridized carbons (Fsp3) is 0.543. The molecule has 3 aromatic rings. The SMILES string of the molecule is CC(C)C(N)C(=O)O[C@@H](C[C@@H](Cc1ccccc1)C(=O)N[C@H]1c2ccccc2C[C@H]1OC(=O)C(N)C(C)C)CN1CCN(Cc2cccnc2)C[C@H]1C(=O)NC(C)(C)C. The standard InChI is InChI=1S/C46H65N7O6/c1-29(2)39(47)44(56)58-35(27-53-21-20-52(26-32-16-13-19-49-25-32)28-37(53)43(55)51-46(5,6)7)23-34(22-31-14-9-8-10-15-31)42(54)50-41-36-18-12-11-17-33(36)24-38(41)59-45(57)40(48)30(3)4/h8-19,25,29-30,34-35,37-41H,20-24,26-28,47-48H2,1-7H3,(H,50,54)(H,51,55)/t34-,35+,37+,38-,39?,40?,41+/m1/s1. The Morgan fingerprint density at radius 2 is 1.53 bits per heavy atom. The summed E-state index contributed by atoms with van der Waals surface area (Å²) in [5.41, 5.74) is 15.9. The Morgan fingerprint density at radius 1 is 0.864 bits per heavy atom. The fourth-order valence-corrected chi connectivity index (χ4v) is 7.74. The monoisotopic (exact) mass is 811 g/mol. The Bertz CT molecular complexity index is 1850. The van der Waals surface area contributed by atoms with E-state index in [1.54, 1.807) is 6.20 Å². The van der Waals surface area contributed by atoms with Gasteiger partial charge in [-0.1, -0.05) is 88.4 Å². The van der Waals surface area contributed by atoms with Crippen LogP contribution in [0.15, 0.2) is 79.1 Å². The number of nitrogens with zero attached hydrogens (tertiary/aromatic N) is 3. The minimum Gasteiger partial charge on any atom is -0.460 e. The zero-order valence-corrected chi connectivity index (χ0v) is 35.8. The van der Waals surface area contributed by atoms with E-state index in [9.17, 15) is 19.2 Å². The van der Waals surface area contributed by atoms with Gasteiger partial charge in [0, 0.05) is 63.0 Å². The number of carbonyl (C=O) groups is 4. The maximum absolute atomic E-state index is 14.8. The van der Waals surface area contributed by atoms with Crippen LogP contribution in [0.5, 0.6) is 0 Å². The smallest absolute Gasteiger partial charge is 0.323 e. The number of piperazine rings is 1. The fourth-order valence-electron chi connectivity index (χ4n) is 7.74. The highest BCUT2D eigenvalue weighted by atomic mass is 16.6. The van der Waals surface area contributed by atoms with Crippen molar-refractivity contribution in [1.82, 2.24) is 25.4 Å². The average Bonchev–Trinajstić information content (AvgIpc) is 3.53. The van der Waals surface area contributed by atoms with E-state index in [4.69, 9.17) is 20.9 Å². The van der Waals surface area contributed by atoms with E-state index < -0.39 is 59.8 Å². The Hall–Kier alpha value is -4.69. The number of carbonyl (C=O) groups excluding carboxylic acids is 4. The summed E-state index contributed by atoms with van der Waals surface area (Å²) in [6.45, 7) is 15.7. The molecular formula is C46H65N7O6. The van der Waals surface area contributed by atoms with E-state index in [2.05, 4.69) is 25.4 Å². The van der Waals surface area contributed by atoms with Crippen molar-refractivity contribution in [2.75, 3.05) is 26.2 Å². The lowest BCUT2D eigenvalue weighted by Crippen LogP contribution is -2.62. The quantitative estimate of drug-likeness (QED) is 0.145. The van der Waals surface area contributed by atoms with Gasteiger partial charge in [0.2, 0.25) is 11.8 Å². The van der Waals surface area contributed by atoms with Gasteiger partial charge < -0.3 is 31.6 Å². The van der Waals surface area contributed by atoms with Gasteiger partial charge in [-0.15, -0.1) is 0 Å². The number of benzene rings is 2. The van der Waals surface area contributed by atoms with Crippen LogP contribution < -0.4 is 22.1 Å². The molecule has 5 rings (SSSR count). The maximum atomic E-state index is 14.8. The van der Waals surface area contributed by atoms with Crippen LogP contribution in [0.2, 0.25) is 0 Å². The van der Waals surface area contributed by atoms with Gasteiger partial charge in [-0.25, -0.2) is 0 Å². The Kier molecular flexibility index (Phi) is 15.8. The number of hydrogen-bond donors (Lipinski definition) is 4. The van der Waals surface area contributed by atoms with Crippen LogP contribution >= 0.6 is 0 Å². The third-order valence-corrected chi connectivity index (χ3v) is 11.2. The maximum Gasteiger partial charge on any atom is 0.323 e. The molecule has 2 aromatic carbocycles. The highest BCUT2D eigenvalue weighted by Crippen LogP contribution is 2.35. The molecule has 1 aromatic heterocycles. The number of rotatable bonds is 17. The number of amides is 2.